The lowest BCUT2D eigenvalue weighted by Gasteiger charge is -2.07. The maximum Gasteiger partial charge on any atom is 0.269 e. The van der Waals surface area contributed by atoms with Gasteiger partial charge in [-0.3, -0.25) is 14.9 Å². The van der Waals surface area contributed by atoms with Gasteiger partial charge in [-0.1, -0.05) is 0 Å². The van der Waals surface area contributed by atoms with Gasteiger partial charge in [0, 0.05) is 36.9 Å². The van der Waals surface area contributed by atoms with Crippen LogP contribution in [0.15, 0.2) is 42.6 Å². The van der Waals surface area contributed by atoms with Crippen molar-refractivity contribution in [2.45, 2.75) is 12.8 Å². The van der Waals surface area contributed by atoms with Crippen LogP contribution in [0.3, 0.4) is 0 Å². The van der Waals surface area contributed by atoms with E-state index in [1.165, 1.54) is 25.4 Å². The number of hydrogen-bond donors (Lipinski definition) is 2. The molecule has 126 valence electrons. The second kappa shape index (κ2) is 8.47. The molecule has 2 aromatic rings. The maximum absolute atomic E-state index is 11.8. The van der Waals surface area contributed by atoms with Crippen LogP contribution in [0.4, 0.5) is 17.1 Å². The lowest BCUT2D eigenvalue weighted by Crippen LogP contribution is -2.13. The molecule has 24 heavy (non-hydrogen) atoms. The second-order valence-electron chi connectivity index (χ2n) is 4.97. The summed E-state index contributed by atoms with van der Waals surface area (Å²) in [5, 5.41) is 16.4. The third kappa shape index (κ3) is 5.24. The Morgan fingerprint density at radius 2 is 1.92 bits per heavy atom. The molecule has 0 saturated heterocycles. The van der Waals surface area contributed by atoms with Gasteiger partial charge >= 0.3 is 0 Å². The molecule has 0 fully saturated rings. The van der Waals surface area contributed by atoms with Crippen LogP contribution in [0.25, 0.3) is 0 Å². The predicted octanol–water partition coefficient (Wildman–Crippen LogP) is 2.83. The number of carbonyl (C=O) groups is 1. The second-order valence-corrected chi connectivity index (χ2v) is 4.97. The topological polar surface area (TPSA) is 106 Å². The maximum atomic E-state index is 11.8. The van der Waals surface area contributed by atoms with Crippen molar-refractivity contribution >= 4 is 23.0 Å². The Labute approximate surface area is 139 Å². The molecule has 8 nitrogen and oxygen atoms in total. The normalized spacial score (nSPS) is 10.0. The predicted molar refractivity (Wildman–Crippen MR) is 90.2 cm³/mol. The van der Waals surface area contributed by atoms with Crippen LogP contribution in [0.1, 0.15) is 12.8 Å². The fraction of sp³-hybridized carbons (Fsp3) is 0.250. The zero-order chi connectivity index (χ0) is 17.4. The van der Waals surface area contributed by atoms with Crippen LogP contribution in [0.2, 0.25) is 0 Å². The molecule has 0 atom stereocenters. The van der Waals surface area contributed by atoms with E-state index in [0.717, 1.165) is 5.69 Å². The smallest absolute Gasteiger partial charge is 0.269 e. The number of amides is 1. The van der Waals surface area contributed by atoms with Gasteiger partial charge in [-0.05, 0) is 24.6 Å². The van der Waals surface area contributed by atoms with E-state index in [4.69, 9.17) is 4.74 Å². The number of nitrogens with zero attached hydrogens (tertiary/aromatic N) is 2. The number of nitro groups is 1. The number of methoxy groups -OCH3 is 1. The molecule has 1 amide bonds. The highest BCUT2D eigenvalue weighted by Gasteiger charge is 2.05. The molecule has 1 aromatic heterocycles. The molecule has 1 heterocycles. The first kappa shape index (κ1) is 17.2. The summed E-state index contributed by atoms with van der Waals surface area (Å²) in [4.78, 5) is 26.0. The first-order valence-electron chi connectivity index (χ1n) is 7.36. The van der Waals surface area contributed by atoms with E-state index in [2.05, 4.69) is 15.6 Å². The van der Waals surface area contributed by atoms with Crippen LogP contribution < -0.4 is 15.4 Å². The molecular formula is C16H18N4O4. The molecule has 0 radical (unpaired) electrons. The van der Waals surface area contributed by atoms with Crippen molar-refractivity contribution in [3.8, 4) is 5.88 Å². The molecule has 8 heteroatoms. The Balaban J connectivity index is 1.69. The minimum atomic E-state index is -0.442. The number of aromatic nitrogens is 1. The molecule has 0 spiro atoms. The molecule has 0 aliphatic heterocycles. The summed E-state index contributed by atoms with van der Waals surface area (Å²) < 4.78 is 4.95. The van der Waals surface area contributed by atoms with Crippen molar-refractivity contribution in [2.24, 2.45) is 0 Å². The Morgan fingerprint density at radius 1 is 1.21 bits per heavy atom. The van der Waals surface area contributed by atoms with Crippen LogP contribution in [0, 0.1) is 10.1 Å². The number of rotatable bonds is 8. The highest BCUT2D eigenvalue weighted by Crippen LogP contribution is 2.15. The lowest BCUT2D eigenvalue weighted by atomic mass is 10.2. The van der Waals surface area contributed by atoms with Gasteiger partial charge in [-0.15, -0.1) is 0 Å². The van der Waals surface area contributed by atoms with E-state index in [1.54, 1.807) is 24.3 Å². The molecule has 2 N–H and O–H groups in total. The van der Waals surface area contributed by atoms with Crippen LogP contribution in [0.5, 0.6) is 5.88 Å². The summed E-state index contributed by atoms with van der Waals surface area (Å²) in [6.07, 6.45) is 2.52. The molecule has 0 saturated carbocycles. The number of anilines is 2. The zero-order valence-corrected chi connectivity index (χ0v) is 13.2. The molecule has 2 rings (SSSR count). The van der Waals surface area contributed by atoms with E-state index in [-0.39, 0.29) is 11.6 Å². The minimum Gasteiger partial charge on any atom is -0.481 e. The number of benzene rings is 1. The van der Waals surface area contributed by atoms with Crippen molar-refractivity contribution in [3.05, 3.63) is 52.7 Å². The Kier molecular flexibility index (Phi) is 6.07. The van der Waals surface area contributed by atoms with Crippen molar-refractivity contribution in [1.82, 2.24) is 4.98 Å². The summed E-state index contributed by atoms with van der Waals surface area (Å²) in [5.74, 6) is 0.382. The first-order valence-corrected chi connectivity index (χ1v) is 7.36. The Bertz CT molecular complexity index is 686. The fourth-order valence-corrected chi connectivity index (χ4v) is 1.98. The fourth-order valence-electron chi connectivity index (χ4n) is 1.98. The number of nitrogens with one attached hydrogen (secondary N) is 2. The monoisotopic (exact) mass is 330 g/mol. The van der Waals surface area contributed by atoms with Gasteiger partial charge in [0.05, 0.1) is 23.9 Å². The van der Waals surface area contributed by atoms with E-state index < -0.39 is 4.92 Å². The van der Waals surface area contributed by atoms with Crippen LogP contribution >= 0.6 is 0 Å². The van der Waals surface area contributed by atoms with Crippen molar-refractivity contribution in [2.75, 3.05) is 24.3 Å². The van der Waals surface area contributed by atoms with Gasteiger partial charge in [0.15, 0.2) is 0 Å². The Hall–Kier alpha value is -3.16. The number of ether oxygens (including phenoxy) is 1. The van der Waals surface area contributed by atoms with Crippen molar-refractivity contribution < 1.29 is 14.5 Å². The highest BCUT2D eigenvalue weighted by molar-refractivity contribution is 5.90. The lowest BCUT2D eigenvalue weighted by molar-refractivity contribution is -0.384. The summed E-state index contributed by atoms with van der Waals surface area (Å²) in [6, 6.07) is 9.55. The first-order chi connectivity index (χ1) is 11.6. The highest BCUT2D eigenvalue weighted by atomic mass is 16.6. The van der Waals surface area contributed by atoms with Crippen LogP contribution in [-0.2, 0) is 4.79 Å². The number of hydrogen-bond acceptors (Lipinski definition) is 6. The van der Waals surface area contributed by atoms with E-state index in [1.807, 2.05) is 0 Å². The molecule has 1 aromatic carbocycles. The average molecular weight is 330 g/mol. The van der Waals surface area contributed by atoms with Crippen molar-refractivity contribution in [3.63, 3.8) is 0 Å². The quantitative estimate of drug-likeness (QED) is 0.438. The van der Waals surface area contributed by atoms with Crippen LogP contribution in [-0.4, -0.2) is 29.5 Å². The van der Waals surface area contributed by atoms with Gasteiger partial charge in [-0.25, -0.2) is 4.98 Å². The SMILES string of the molecule is COc1ccc(NC(=O)CCCNc2ccc([N+](=O)[O-])cc2)cn1. The minimum absolute atomic E-state index is 0.0491. The number of non-ortho nitro benzene ring substituents is 1. The summed E-state index contributed by atoms with van der Waals surface area (Å²) in [5.41, 5.74) is 1.44. The number of pyridine rings is 1. The van der Waals surface area contributed by atoms with Gasteiger partial charge < -0.3 is 15.4 Å². The standard InChI is InChI=1S/C16H18N4O4/c1-24-16-9-6-13(11-18-16)19-15(21)3-2-10-17-12-4-7-14(8-5-12)20(22)23/h4-9,11,17H,2-3,10H2,1H3,(H,19,21). The number of nitro benzene ring substituents is 1. The van der Waals surface area contributed by atoms with Gasteiger partial charge in [-0.2, -0.15) is 0 Å². The molecule has 0 aliphatic rings. The van der Waals surface area contributed by atoms with Gasteiger partial charge in [0.25, 0.3) is 5.69 Å². The molecular weight excluding hydrogens is 312 g/mol. The third-order valence-electron chi connectivity index (χ3n) is 3.22. The van der Waals surface area contributed by atoms with E-state index in [0.29, 0.717) is 31.0 Å². The summed E-state index contributed by atoms with van der Waals surface area (Å²) in [6.45, 7) is 0.589. The van der Waals surface area contributed by atoms with Crippen molar-refractivity contribution in [1.29, 1.82) is 0 Å². The average Bonchev–Trinajstić information content (AvgIpc) is 2.60. The van der Waals surface area contributed by atoms with E-state index in [9.17, 15) is 14.9 Å². The molecule has 0 bridgehead atoms. The number of carbonyl (C=O) groups excluding carboxylic acids is 1. The van der Waals surface area contributed by atoms with E-state index >= 15 is 0 Å². The van der Waals surface area contributed by atoms with Gasteiger partial charge in [0.1, 0.15) is 0 Å². The molecule has 0 unspecified atom stereocenters. The molecule has 0 aliphatic carbocycles. The van der Waals surface area contributed by atoms with Gasteiger partial charge in [0.2, 0.25) is 11.8 Å². The summed E-state index contributed by atoms with van der Waals surface area (Å²) >= 11 is 0. The third-order valence-corrected chi connectivity index (χ3v) is 3.22. The zero-order valence-electron chi connectivity index (χ0n) is 13.2. The Morgan fingerprint density at radius 3 is 2.50 bits per heavy atom. The largest absolute Gasteiger partial charge is 0.481 e. The summed E-state index contributed by atoms with van der Waals surface area (Å²) in [7, 11) is 1.53.